The summed E-state index contributed by atoms with van der Waals surface area (Å²) >= 11 is 1.64. The number of carboxylic acid groups (broad SMARTS) is 1. The molecule has 0 aromatic heterocycles. The number of thioether (sulfide) groups is 1. The number of unbranched alkanes of at least 4 members (excludes halogenated alkanes) is 3. The monoisotopic (exact) mass is 424 g/mol. The molecule has 0 bridgehead atoms. The number of aryl methyl sites for hydroxylation is 1. The van der Waals surface area contributed by atoms with Crippen molar-refractivity contribution < 1.29 is 25.2 Å². The van der Waals surface area contributed by atoms with Gasteiger partial charge in [0.05, 0.1) is 18.3 Å². The maximum absolute atomic E-state index is 10.5. The fourth-order valence-corrected chi connectivity index (χ4v) is 5.17. The van der Waals surface area contributed by atoms with Crippen LogP contribution in [0.4, 0.5) is 0 Å². The highest BCUT2D eigenvalue weighted by atomic mass is 32.2. The molecule has 1 fully saturated rings. The minimum atomic E-state index is -0.751. The summed E-state index contributed by atoms with van der Waals surface area (Å²) in [5, 5.41) is 39.8. The Hall–Kier alpha value is -1.08. The van der Waals surface area contributed by atoms with Gasteiger partial charge in [0, 0.05) is 17.1 Å². The van der Waals surface area contributed by atoms with Gasteiger partial charge in [0.15, 0.2) is 0 Å². The summed E-state index contributed by atoms with van der Waals surface area (Å²) in [6.07, 6.45) is 4.90. The second-order valence-electron chi connectivity index (χ2n) is 8.40. The van der Waals surface area contributed by atoms with E-state index >= 15 is 0 Å². The third-order valence-corrected chi connectivity index (χ3v) is 7.15. The Morgan fingerprint density at radius 3 is 2.31 bits per heavy atom. The van der Waals surface area contributed by atoms with Gasteiger partial charge >= 0.3 is 5.97 Å². The average molecular weight is 425 g/mol. The summed E-state index contributed by atoms with van der Waals surface area (Å²) in [6, 6.07) is 8.26. The van der Waals surface area contributed by atoms with Crippen LogP contribution >= 0.6 is 11.8 Å². The number of rotatable bonds is 13. The normalized spacial score (nSPS) is 25.2. The van der Waals surface area contributed by atoms with E-state index in [0.29, 0.717) is 25.0 Å². The molecule has 1 aromatic carbocycles. The molecule has 0 amide bonds. The van der Waals surface area contributed by atoms with E-state index in [2.05, 4.69) is 31.2 Å². The second kappa shape index (κ2) is 12.6. The summed E-state index contributed by atoms with van der Waals surface area (Å²) in [4.78, 5) is 11.7. The first-order chi connectivity index (χ1) is 13.9. The molecule has 5 nitrogen and oxygen atoms in total. The standard InChI is InChI=1S/C23H36O5S/c1-16-8-11-18(12-9-16)29-15-17(24)10-13-20-19(21(25)14-22(20)26)6-4-2-3-5-7-23(27)28/h8-9,11-12,17,19-22,24-26H,2-7,10,13-15H2,1H3,(H,27,28)/t17?,19?,20-,21?,22?/m1/s1. The van der Waals surface area contributed by atoms with Crippen molar-refractivity contribution in [3.05, 3.63) is 29.8 Å². The van der Waals surface area contributed by atoms with Gasteiger partial charge in [-0.2, -0.15) is 0 Å². The molecule has 1 aliphatic rings. The molecule has 1 saturated carbocycles. The van der Waals surface area contributed by atoms with E-state index in [9.17, 15) is 20.1 Å². The molecule has 1 aliphatic carbocycles. The summed E-state index contributed by atoms with van der Waals surface area (Å²) in [5.41, 5.74) is 1.22. The Kier molecular flexibility index (Phi) is 10.5. The zero-order valence-electron chi connectivity index (χ0n) is 17.4. The maximum atomic E-state index is 10.5. The van der Waals surface area contributed by atoms with Gasteiger partial charge in [-0.15, -0.1) is 11.8 Å². The van der Waals surface area contributed by atoms with Crippen molar-refractivity contribution in [3.8, 4) is 0 Å². The molecule has 0 heterocycles. The van der Waals surface area contributed by atoms with Crippen molar-refractivity contribution in [2.45, 2.75) is 87.9 Å². The van der Waals surface area contributed by atoms with Gasteiger partial charge in [0.2, 0.25) is 0 Å². The molecule has 0 saturated heterocycles. The average Bonchev–Trinajstić information content (AvgIpc) is 2.94. The molecule has 0 radical (unpaired) electrons. The predicted octanol–water partition coefficient (Wildman–Crippen LogP) is 4.01. The first-order valence-corrected chi connectivity index (χ1v) is 11.8. The van der Waals surface area contributed by atoms with Crippen molar-refractivity contribution in [2.75, 3.05) is 5.75 Å². The summed E-state index contributed by atoms with van der Waals surface area (Å²) in [7, 11) is 0. The fourth-order valence-electron chi connectivity index (χ4n) is 4.29. The van der Waals surface area contributed by atoms with Crippen molar-refractivity contribution in [3.63, 3.8) is 0 Å². The van der Waals surface area contributed by atoms with Crippen LogP contribution in [0.1, 0.15) is 63.4 Å². The number of benzene rings is 1. The molecule has 2 rings (SSSR count). The Bertz CT molecular complexity index is 606. The molecule has 4 N–H and O–H groups in total. The van der Waals surface area contributed by atoms with E-state index in [0.717, 1.165) is 37.0 Å². The van der Waals surface area contributed by atoms with Crippen LogP contribution in [0.5, 0.6) is 0 Å². The number of hydrogen-bond acceptors (Lipinski definition) is 5. The van der Waals surface area contributed by atoms with Crippen LogP contribution in [0.15, 0.2) is 29.2 Å². The van der Waals surface area contributed by atoms with Crippen LogP contribution in [0.3, 0.4) is 0 Å². The third-order valence-electron chi connectivity index (χ3n) is 6.00. The quantitative estimate of drug-likeness (QED) is 0.282. The minimum absolute atomic E-state index is 0.0306. The van der Waals surface area contributed by atoms with E-state index in [1.165, 1.54) is 5.56 Å². The largest absolute Gasteiger partial charge is 0.481 e. The van der Waals surface area contributed by atoms with E-state index in [1.54, 1.807) is 11.8 Å². The highest BCUT2D eigenvalue weighted by Gasteiger charge is 2.40. The Morgan fingerprint density at radius 1 is 1.03 bits per heavy atom. The van der Waals surface area contributed by atoms with Gasteiger partial charge in [-0.3, -0.25) is 4.79 Å². The molecule has 6 heteroatoms. The number of carbonyl (C=O) groups is 1. The molecular weight excluding hydrogens is 388 g/mol. The molecule has 0 spiro atoms. The van der Waals surface area contributed by atoms with E-state index in [-0.39, 0.29) is 18.3 Å². The van der Waals surface area contributed by atoms with Gasteiger partial charge < -0.3 is 20.4 Å². The molecule has 5 atom stereocenters. The smallest absolute Gasteiger partial charge is 0.303 e. The summed E-state index contributed by atoms with van der Waals surface area (Å²) in [6.45, 7) is 2.05. The molecule has 164 valence electrons. The Balaban J connectivity index is 1.70. The van der Waals surface area contributed by atoms with E-state index < -0.39 is 24.3 Å². The lowest BCUT2D eigenvalue weighted by Crippen LogP contribution is -2.24. The van der Waals surface area contributed by atoms with E-state index in [1.807, 2.05) is 0 Å². The molecule has 4 unspecified atom stereocenters. The lowest BCUT2D eigenvalue weighted by atomic mass is 9.85. The minimum Gasteiger partial charge on any atom is -0.481 e. The van der Waals surface area contributed by atoms with E-state index in [4.69, 9.17) is 5.11 Å². The van der Waals surface area contributed by atoms with Crippen molar-refractivity contribution in [2.24, 2.45) is 11.8 Å². The highest BCUT2D eigenvalue weighted by Crippen LogP contribution is 2.39. The van der Waals surface area contributed by atoms with Crippen LogP contribution < -0.4 is 0 Å². The number of aliphatic carboxylic acids is 1. The van der Waals surface area contributed by atoms with Crippen LogP contribution in [-0.4, -0.2) is 50.5 Å². The zero-order valence-corrected chi connectivity index (χ0v) is 18.2. The predicted molar refractivity (Wildman–Crippen MR) is 116 cm³/mol. The van der Waals surface area contributed by atoms with Gasteiger partial charge in [0.1, 0.15) is 0 Å². The Morgan fingerprint density at radius 2 is 1.66 bits per heavy atom. The molecule has 0 aliphatic heterocycles. The van der Waals surface area contributed by atoms with Gasteiger partial charge in [-0.1, -0.05) is 37.0 Å². The number of carboxylic acids is 1. The topological polar surface area (TPSA) is 98.0 Å². The third kappa shape index (κ3) is 8.67. The second-order valence-corrected chi connectivity index (χ2v) is 9.49. The lowest BCUT2D eigenvalue weighted by Gasteiger charge is -2.24. The first kappa shape index (κ1) is 24.2. The van der Waals surface area contributed by atoms with Crippen molar-refractivity contribution in [1.82, 2.24) is 0 Å². The number of aliphatic hydroxyl groups is 3. The highest BCUT2D eigenvalue weighted by molar-refractivity contribution is 7.99. The molecule has 29 heavy (non-hydrogen) atoms. The van der Waals surface area contributed by atoms with Crippen molar-refractivity contribution in [1.29, 1.82) is 0 Å². The SMILES string of the molecule is Cc1ccc(SCC(O)CC[C@H]2C(O)CC(O)C2CCCCCCC(=O)O)cc1. The Labute approximate surface area is 178 Å². The number of aliphatic hydroxyl groups excluding tert-OH is 3. The summed E-state index contributed by atoms with van der Waals surface area (Å²) in [5.74, 6) is -0.0224. The number of hydrogen-bond donors (Lipinski definition) is 4. The van der Waals surface area contributed by atoms with Gasteiger partial charge in [-0.25, -0.2) is 0 Å². The maximum Gasteiger partial charge on any atom is 0.303 e. The van der Waals surface area contributed by atoms with Crippen LogP contribution in [0.25, 0.3) is 0 Å². The van der Waals surface area contributed by atoms with Crippen molar-refractivity contribution >= 4 is 17.7 Å². The van der Waals surface area contributed by atoms with Crippen LogP contribution in [0.2, 0.25) is 0 Å². The summed E-state index contributed by atoms with van der Waals surface area (Å²) < 4.78 is 0. The van der Waals surface area contributed by atoms with Gasteiger partial charge in [-0.05, 0) is 63.0 Å². The zero-order chi connectivity index (χ0) is 21.2. The first-order valence-electron chi connectivity index (χ1n) is 10.8. The van der Waals surface area contributed by atoms with Crippen LogP contribution in [-0.2, 0) is 4.79 Å². The fraction of sp³-hybridized carbons (Fsp3) is 0.696. The molecular formula is C23H36O5S. The van der Waals surface area contributed by atoms with Gasteiger partial charge in [0.25, 0.3) is 0 Å². The lowest BCUT2D eigenvalue weighted by molar-refractivity contribution is -0.137. The van der Waals surface area contributed by atoms with Crippen LogP contribution in [0, 0.1) is 18.8 Å². The molecule has 1 aromatic rings.